The number of esters is 1. The van der Waals surface area contributed by atoms with Gasteiger partial charge in [-0.3, -0.25) is 0 Å². The molecule has 0 aliphatic carbocycles. The van der Waals surface area contributed by atoms with Gasteiger partial charge in [-0.25, -0.2) is 13.2 Å². The maximum Gasteiger partial charge on any atom is 0.338 e. The molecule has 3 fully saturated rings. The molecule has 1 unspecified atom stereocenters. The highest BCUT2D eigenvalue weighted by Crippen LogP contribution is 2.46. The predicted molar refractivity (Wildman–Crippen MR) is 219 cm³/mol. The summed E-state index contributed by atoms with van der Waals surface area (Å²) >= 11 is 2.41. The molecule has 5 rings (SSSR count). The average molecular weight is 881 g/mol. The van der Waals surface area contributed by atoms with Gasteiger partial charge >= 0.3 is 5.97 Å². The standard InChI is InChI=1S/C43H61IO9S/c1-7-28(2)22-39-31(5)37(26-54(47,48)36-13-9-8-10-14-36)40(52-39)24-38(45)30(4)29(3)23-34-19-20-41-43(27-44,53-34)25-35(51-41)12-11-21-50-42(46)32-15-17-33(49-6)18-16-32/h8-10,13-18,28-29,31,34-35,37-41,45H,4,7,11-12,19-27H2,1-3,5-6H3/t28-,29-,31-,34-,35+,37-,38-,39-,40?,41+,43-/m1/s1. The smallest absolute Gasteiger partial charge is 0.338 e. The second kappa shape index (κ2) is 19.4. The van der Waals surface area contributed by atoms with Gasteiger partial charge in [0.25, 0.3) is 0 Å². The number of fused-ring (bicyclic) bond motifs is 1. The zero-order valence-electron chi connectivity index (χ0n) is 32.7. The molecule has 0 saturated carbocycles. The van der Waals surface area contributed by atoms with Crippen LogP contribution in [-0.4, -0.2) is 85.6 Å². The fourth-order valence-electron chi connectivity index (χ4n) is 8.51. The summed E-state index contributed by atoms with van der Waals surface area (Å²) in [7, 11) is -1.95. The Hall–Kier alpha value is -2.03. The molecule has 1 N–H and O–H groups in total. The summed E-state index contributed by atoms with van der Waals surface area (Å²) in [6, 6.07) is 15.5. The molecule has 3 saturated heterocycles. The van der Waals surface area contributed by atoms with E-state index in [0.717, 1.165) is 54.9 Å². The van der Waals surface area contributed by atoms with Gasteiger partial charge in [0.1, 0.15) is 11.4 Å². The van der Waals surface area contributed by atoms with Crippen molar-refractivity contribution in [1.29, 1.82) is 0 Å². The topological polar surface area (TPSA) is 118 Å². The number of sulfone groups is 1. The van der Waals surface area contributed by atoms with E-state index in [1.807, 2.05) is 6.07 Å². The van der Waals surface area contributed by atoms with Crippen LogP contribution in [0.15, 0.2) is 71.6 Å². The number of halogens is 1. The fraction of sp³-hybridized carbons (Fsp3) is 0.651. The van der Waals surface area contributed by atoms with E-state index < -0.39 is 15.9 Å². The fourth-order valence-corrected chi connectivity index (χ4v) is 11.3. The summed E-state index contributed by atoms with van der Waals surface area (Å²) in [5.41, 5.74) is 0.862. The Balaban J connectivity index is 1.13. The van der Waals surface area contributed by atoms with Crippen LogP contribution in [0.4, 0.5) is 0 Å². The third kappa shape index (κ3) is 10.7. The van der Waals surface area contributed by atoms with E-state index in [2.05, 4.69) is 56.9 Å². The van der Waals surface area contributed by atoms with E-state index in [-0.39, 0.29) is 65.6 Å². The predicted octanol–water partition coefficient (Wildman–Crippen LogP) is 8.41. The third-order valence-electron chi connectivity index (χ3n) is 12.2. The second-order valence-electron chi connectivity index (χ2n) is 16.0. The minimum Gasteiger partial charge on any atom is -0.497 e. The van der Waals surface area contributed by atoms with Gasteiger partial charge < -0.3 is 28.8 Å². The molecule has 300 valence electrons. The van der Waals surface area contributed by atoms with Crippen molar-refractivity contribution >= 4 is 38.4 Å². The van der Waals surface area contributed by atoms with Crippen LogP contribution in [0.2, 0.25) is 0 Å². The lowest BCUT2D eigenvalue weighted by atomic mass is 9.82. The van der Waals surface area contributed by atoms with Gasteiger partial charge in [-0.2, -0.15) is 0 Å². The number of aliphatic hydroxyl groups is 1. The van der Waals surface area contributed by atoms with Crippen LogP contribution < -0.4 is 4.74 Å². The maximum absolute atomic E-state index is 13.5. The maximum atomic E-state index is 13.5. The van der Waals surface area contributed by atoms with Crippen LogP contribution in [0.3, 0.4) is 0 Å². The summed E-state index contributed by atoms with van der Waals surface area (Å²) in [5, 5.41) is 11.6. The Morgan fingerprint density at radius 3 is 2.41 bits per heavy atom. The number of carbonyl (C=O) groups excluding carboxylic acids is 1. The number of rotatable bonds is 19. The van der Waals surface area contributed by atoms with Crippen molar-refractivity contribution in [2.75, 3.05) is 23.9 Å². The van der Waals surface area contributed by atoms with Crippen molar-refractivity contribution in [2.24, 2.45) is 23.7 Å². The molecule has 0 aromatic heterocycles. The zero-order valence-corrected chi connectivity index (χ0v) is 35.6. The van der Waals surface area contributed by atoms with Crippen LogP contribution in [0, 0.1) is 23.7 Å². The molecule has 0 bridgehead atoms. The van der Waals surface area contributed by atoms with Crippen LogP contribution in [-0.2, 0) is 28.8 Å². The van der Waals surface area contributed by atoms with Crippen molar-refractivity contribution < 1.29 is 42.0 Å². The monoisotopic (exact) mass is 880 g/mol. The lowest BCUT2D eigenvalue weighted by Crippen LogP contribution is -2.50. The van der Waals surface area contributed by atoms with E-state index in [0.29, 0.717) is 41.6 Å². The molecule has 0 spiro atoms. The number of hydrogen-bond donors (Lipinski definition) is 1. The lowest BCUT2D eigenvalue weighted by molar-refractivity contribution is -0.155. The first kappa shape index (κ1) is 43.1. The van der Waals surface area contributed by atoms with Gasteiger partial charge in [0, 0.05) is 23.2 Å². The van der Waals surface area contributed by atoms with Crippen molar-refractivity contribution in [3.05, 3.63) is 72.3 Å². The molecule has 0 radical (unpaired) electrons. The van der Waals surface area contributed by atoms with Crippen LogP contribution in [0.25, 0.3) is 0 Å². The Morgan fingerprint density at radius 1 is 1.02 bits per heavy atom. The van der Waals surface area contributed by atoms with Crippen LogP contribution >= 0.6 is 22.6 Å². The minimum absolute atomic E-state index is 0.00689. The van der Waals surface area contributed by atoms with Gasteiger partial charge in [0.05, 0.1) is 66.6 Å². The highest BCUT2D eigenvalue weighted by Gasteiger charge is 2.52. The summed E-state index contributed by atoms with van der Waals surface area (Å²) in [4.78, 5) is 12.8. The van der Waals surface area contributed by atoms with Crippen molar-refractivity contribution in [1.82, 2.24) is 0 Å². The average Bonchev–Trinajstić information content (AvgIpc) is 3.68. The molecule has 54 heavy (non-hydrogen) atoms. The SMILES string of the molecule is C=C([C@H](C)C[C@H]1CC[C@@H]2O[C@@H](CCCOC(=O)c3ccc(OC)cc3)C[C@]2(CI)O1)[C@H](O)CC1O[C@H](C[C@H](C)CC)[C@H](C)[C@H]1CS(=O)(=O)c1ccccc1. The molecule has 2 aromatic carbocycles. The molecule has 3 aliphatic heterocycles. The normalized spacial score (nSPS) is 29.9. The number of carbonyl (C=O) groups is 1. The molecule has 2 aromatic rings. The third-order valence-corrected chi connectivity index (χ3v) is 15.3. The summed E-state index contributed by atoms with van der Waals surface area (Å²) in [6.45, 7) is 13.3. The second-order valence-corrected chi connectivity index (χ2v) is 18.8. The van der Waals surface area contributed by atoms with E-state index in [1.165, 1.54) is 0 Å². The molecule has 9 nitrogen and oxygen atoms in total. The Labute approximate surface area is 337 Å². The Kier molecular flexibility index (Phi) is 15.5. The van der Waals surface area contributed by atoms with Crippen LogP contribution in [0.5, 0.6) is 5.75 Å². The highest BCUT2D eigenvalue weighted by molar-refractivity contribution is 14.1. The van der Waals surface area contributed by atoms with E-state index >= 15 is 0 Å². The minimum atomic E-state index is -3.54. The van der Waals surface area contributed by atoms with Gasteiger partial charge in [0.2, 0.25) is 0 Å². The van der Waals surface area contributed by atoms with Crippen molar-refractivity contribution in [3.63, 3.8) is 0 Å². The van der Waals surface area contributed by atoms with Crippen molar-refractivity contribution in [2.45, 2.75) is 133 Å². The molecule has 3 aliphatic rings. The Bertz CT molecular complexity index is 1620. The molecule has 11 heteroatoms. The van der Waals surface area contributed by atoms with E-state index in [1.54, 1.807) is 55.6 Å². The van der Waals surface area contributed by atoms with Gasteiger partial charge in [-0.1, -0.05) is 81.5 Å². The van der Waals surface area contributed by atoms with Crippen LogP contribution in [0.1, 0.15) is 95.8 Å². The quantitative estimate of drug-likeness (QED) is 0.0488. The van der Waals surface area contributed by atoms with Gasteiger partial charge in [-0.15, -0.1) is 0 Å². The van der Waals surface area contributed by atoms with E-state index in [9.17, 15) is 18.3 Å². The van der Waals surface area contributed by atoms with Gasteiger partial charge in [0.15, 0.2) is 9.84 Å². The van der Waals surface area contributed by atoms with E-state index in [4.69, 9.17) is 23.7 Å². The number of methoxy groups -OCH3 is 1. The van der Waals surface area contributed by atoms with Crippen molar-refractivity contribution in [3.8, 4) is 5.75 Å². The first-order valence-electron chi connectivity index (χ1n) is 19.8. The number of alkyl halides is 1. The Morgan fingerprint density at radius 2 is 1.74 bits per heavy atom. The molecule has 0 amide bonds. The largest absolute Gasteiger partial charge is 0.497 e. The number of benzene rings is 2. The first-order chi connectivity index (χ1) is 25.8. The molecule has 3 heterocycles. The molecular formula is C43H61IO9S. The summed E-state index contributed by atoms with van der Waals surface area (Å²) in [5.74, 6) is 0.590. The summed E-state index contributed by atoms with van der Waals surface area (Å²) in [6.07, 6.45) is 5.79. The number of hydrogen-bond acceptors (Lipinski definition) is 9. The lowest BCUT2D eigenvalue weighted by Gasteiger charge is -2.42. The number of aliphatic hydroxyl groups excluding tert-OH is 1. The summed E-state index contributed by atoms with van der Waals surface area (Å²) < 4.78 is 58.6. The van der Waals surface area contributed by atoms with Gasteiger partial charge in [-0.05, 0) is 98.2 Å². The zero-order chi connectivity index (χ0) is 39.0. The molecular weight excluding hydrogens is 819 g/mol. The first-order valence-corrected chi connectivity index (χ1v) is 23.0. The molecule has 11 atom stereocenters. The number of ether oxygens (including phenoxy) is 5. The highest BCUT2D eigenvalue weighted by atomic mass is 127.